The first kappa shape index (κ1) is 12.5. The highest BCUT2D eigenvalue weighted by Gasteiger charge is 2.22. The molecule has 1 aromatic heterocycles. The molecule has 1 heterocycles. The molecule has 1 N–H and O–H groups in total. The van der Waals surface area contributed by atoms with Crippen LogP contribution in [0.4, 0.5) is 0 Å². The average Bonchev–Trinajstić information content (AvgIpc) is 3.01. The van der Waals surface area contributed by atoms with Crippen molar-refractivity contribution < 1.29 is 4.42 Å². The molecule has 2 aromatic rings. The van der Waals surface area contributed by atoms with Crippen LogP contribution in [-0.4, -0.2) is 6.04 Å². The molecule has 0 spiro atoms. The molecule has 0 radical (unpaired) electrons. The minimum atomic E-state index is 0.180. The highest BCUT2D eigenvalue weighted by molar-refractivity contribution is 5.26. The summed E-state index contributed by atoms with van der Waals surface area (Å²) >= 11 is 0. The maximum Gasteiger partial charge on any atom is 0.125 e. The minimum Gasteiger partial charge on any atom is -0.467 e. The fraction of sp³-hybridized carbons (Fsp3) is 0.412. The standard InChI is InChI=1S/C17H21NO/c1-3-8-14(9-4-1)17(16-12-7-13-19-16)18-15-10-5-2-6-11-15/h1,3-4,7-9,12-13,15,17-18H,2,5-6,10-11H2. The summed E-state index contributed by atoms with van der Waals surface area (Å²) in [7, 11) is 0. The molecule has 1 fully saturated rings. The van der Waals surface area contributed by atoms with E-state index in [1.54, 1.807) is 6.26 Å². The number of benzene rings is 1. The fourth-order valence-electron chi connectivity index (χ4n) is 2.95. The SMILES string of the molecule is c1ccc(C(NC2CCCCC2)c2ccco2)cc1. The van der Waals surface area contributed by atoms with E-state index in [-0.39, 0.29) is 6.04 Å². The van der Waals surface area contributed by atoms with E-state index in [1.807, 2.05) is 6.07 Å². The first-order valence-corrected chi connectivity index (χ1v) is 7.28. The van der Waals surface area contributed by atoms with Gasteiger partial charge in [0.25, 0.3) is 0 Å². The average molecular weight is 255 g/mol. The van der Waals surface area contributed by atoms with E-state index in [4.69, 9.17) is 4.42 Å². The lowest BCUT2D eigenvalue weighted by Crippen LogP contribution is -2.34. The van der Waals surface area contributed by atoms with Crippen LogP contribution in [0.2, 0.25) is 0 Å². The molecule has 1 unspecified atom stereocenters. The lowest BCUT2D eigenvalue weighted by Gasteiger charge is -2.27. The van der Waals surface area contributed by atoms with Crippen molar-refractivity contribution in [2.24, 2.45) is 0 Å². The molecular formula is C17H21NO. The van der Waals surface area contributed by atoms with Gasteiger partial charge in [0.05, 0.1) is 12.3 Å². The summed E-state index contributed by atoms with van der Waals surface area (Å²) in [6.07, 6.45) is 8.39. The summed E-state index contributed by atoms with van der Waals surface area (Å²) in [5.41, 5.74) is 1.28. The lowest BCUT2D eigenvalue weighted by atomic mass is 9.93. The van der Waals surface area contributed by atoms with Gasteiger partial charge in [0.15, 0.2) is 0 Å². The Balaban J connectivity index is 1.80. The monoisotopic (exact) mass is 255 g/mol. The molecule has 1 atom stereocenters. The summed E-state index contributed by atoms with van der Waals surface area (Å²) < 4.78 is 5.63. The fourth-order valence-corrected chi connectivity index (χ4v) is 2.95. The van der Waals surface area contributed by atoms with Crippen molar-refractivity contribution in [2.75, 3.05) is 0 Å². The van der Waals surface area contributed by atoms with Crippen LogP contribution in [0.25, 0.3) is 0 Å². The van der Waals surface area contributed by atoms with Crippen molar-refractivity contribution in [2.45, 2.75) is 44.2 Å². The second-order valence-corrected chi connectivity index (χ2v) is 5.36. The zero-order valence-electron chi connectivity index (χ0n) is 11.2. The third-order valence-corrected chi connectivity index (χ3v) is 3.97. The smallest absolute Gasteiger partial charge is 0.125 e. The highest BCUT2D eigenvalue weighted by atomic mass is 16.3. The van der Waals surface area contributed by atoms with Gasteiger partial charge in [-0.15, -0.1) is 0 Å². The van der Waals surface area contributed by atoms with Gasteiger partial charge in [-0.25, -0.2) is 0 Å². The Morgan fingerprint density at radius 1 is 0.947 bits per heavy atom. The Morgan fingerprint density at radius 2 is 1.74 bits per heavy atom. The van der Waals surface area contributed by atoms with Gasteiger partial charge in [0, 0.05) is 6.04 Å². The van der Waals surface area contributed by atoms with Crippen LogP contribution >= 0.6 is 0 Å². The molecule has 0 saturated heterocycles. The Hall–Kier alpha value is -1.54. The Labute approximate surface area is 114 Å². The summed E-state index contributed by atoms with van der Waals surface area (Å²) in [6.45, 7) is 0. The number of hydrogen-bond acceptors (Lipinski definition) is 2. The van der Waals surface area contributed by atoms with Crippen molar-refractivity contribution in [3.63, 3.8) is 0 Å². The van der Waals surface area contributed by atoms with Gasteiger partial charge in [-0.05, 0) is 30.5 Å². The van der Waals surface area contributed by atoms with Crippen molar-refractivity contribution >= 4 is 0 Å². The number of nitrogens with one attached hydrogen (secondary N) is 1. The summed E-state index contributed by atoms with van der Waals surface area (Å²) in [6, 6.07) is 15.4. The second kappa shape index (κ2) is 6.07. The highest BCUT2D eigenvalue weighted by Crippen LogP contribution is 2.26. The van der Waals surface area contributed by atoms with E-state index in [9.17, 15) is 0 Å². The summed E-state index contributed by atoms with van der Waals surface area (Å²) in [5, 5.41) is 3.78. The molecular weight excluding hydrogens is 234 g/mol. The molecule has 100 valence electrons. The minimum absolute atomic E-state index is 0.180. The van der Waals surface area contributed by atoms with Crippen LogP contribution in [0.15, 0.2) is 53.1 Å². The quantitative estimate of drug-likeness (QED) is 0.881. The van der Waals surface area contributed by atoms with Crippen LogP contribution in [0.3, 0.4) is 0 Å². The molecule has 0 aliphatic heterocycles. The van der Waals surface area contributed by atoms with Crippen LogP contribution in [0.1, 0.15) is 49.5 Å². The molecule has 19 heavy (non-hydrogen) atoms. The molecule has 0 amide bonds. The van der Waals surface area contributed by atoms with Gasteiger partial charge < -0.3 is 9.73 Å². The van der Waals surface area contributed by atoms with E-state index in [1.165, 1.54) is 37.7 Å². The van der Waals surface area contributed by atoms with Gasteiger partial charge in [-0.3, -0.25) is 0 Å². The van der Waals surface area contributed by atoms with Crippen LogP contribution < -0.4 is 5.32 Å². The molecule has 1 aliphatic carbocycles. The van der Waals surface area contributed by atoms with Gasteiger partial charge >= 0.3 is 0 Å². The van der Waals surface area contributed by atoms with Crippen LogP contribution in [0, 0.1) is 0 Å². The van der Waals surface area contributed by atoms with Gasteiger partial charge in [-0.1, -0.05) is 49.6 Å². The molecule has 1 aromatic carbocycles. The van der Waals surface area contributed by atoms with E-state index in [0.29, 0.717) is 6.04 Å². The van der Waals surface area contributed by atoms with E-state index >= 15 is 0 Å². The largest absolute Gasteiger partial charge is 0.467 e. The predicted molar refractivity (Wildman–Crippen MR) is 77.0 cm³/mol. The zero-order chi connectivity index (χ0) is 12.9. The van der Waals surface area contributed by atoms with E-state index in [2.05, 4.69) is 41.7 Å². The van der Waals surface area contributed by atoms with Crippen molar-refractivity contribution in [3.05, 3.63) is 60.1 Å². The molecule has 1 saturated carbocycles. The van der Waals surface area contributed by atoms with Gasteiger partial charge in [0.2, 0.25) is 0 Å². The first-order chi connectivity index (χ1) is 9.43. The zero-order valence-corrected chi connectivity index (χ0v) is 11.2. The lowest BCUT2D eigenvalue weighted by molar-refractivity contribution is 0.333. The number of furan rings is 1. The second-order valence-electron chi connectivity index (χ2n) is 5.36. The van der Waals surface area contributed by atoms with Crippen molar-refractivity contribution in [1.82, 2.24) is 5.32 Å². The Kier molecular flexibility index (Phi) is 3.99. The Morgan fingerprint density at radius 3 is 2.42 bits per heavy atom. The molecule has 1 aliphatic rings. The van der Waals surface area contributed by atoms with Crippen LogP contribution in [0.5, 0.6) is 0 Å². The number of rotatable bonds is 4. The maximum atomic E-state index is 5.63. The normalized spacial score (nSPS) is 18.3. The van der Waals surface area contributed by atoms with Crippen LogP contribution in [-0.2, 0) is 0 Å². The molecule has 2 nitrogen and oxygen atoms in total. The number of hydrogen-bond donors (Lipinski definition) is 1. The molecule has 3 rings (SSSR count). The van der Waals surface area contributed by atoms with Crippen molar-refractivity contribution in [3.8, 4) is 0 Å². The first-order valence-electron chi connectivity index (χ1n) is 7.28. The summed E-state index contributed by atoms with van der Waals surface area (Å²) in [4.78, 5) is 0. The van der Waals surface area contributed by atoms with Crippen molar-refractivity contribution in [1.29, 1.82) is 0 Å². The van der Waals surface area contributed by atoms with Gasteiger partial charge in [-0.2, -0.15) is 0 Å². The molecule has 2 heteroatoms. The maximum absolute atomic E-state index is 5.63. The van der Waals surface area contributed by atoms with E-state index in [0.717, 1.165) is 5.76 Å². The molecule has 0 bridgehead atoms. The predicted octanol–water partition coefficient (Wildman–Crippen LogP) is 4.29. The Bertz CT molecular complexity index is 471. The third kappa shape index (κ3) is 3.07. The topological polar surface area (TPSA) is 25.2 Å². The van der Waals surface area contributed by atoms with E-state index < -0.39 is 0 Å². The third-order valence-electron chi connectivity index (χ3n) is 3.97. The summed E-state index contributed by atoms with van der Waals surface area (Å²) in [5.74, 6) is 1.01. The van der Waals surface area contributed by atoms with Gasteiger partial charge in [0.1, 0.15) is 5.76 Å².